The molecule has 2 rings (SSSR count). The molecular weight excluding hydrogens is 274 g/mol. The van der Waals surface area contributed by atoms with E-state index in [0.29, 0.717) is 11.0 Å². The van der Waals surface area contributed by atoms with Crippen LogP contribution in [-0.4, -0.2) is 49.4 Å². The first-order valence-corrected chi connectivity index (χ1v) is 8.06. The van der Waals surface area contributed by atoms with E-state index in [2.05, 4.69) is 48.4 Å². The van der Waals surface area contributed by atoms with Gasteiger partial charge in [-0.25, -0.2) is 0 Å². The first-order chi connectivity index (χ1) is 9.04. The van der Waals surface area contributed by atoms with Crippen molar-refractivity contribution in [1.82, 2.24) is 4.90 Å². The minimum Gasteiger partial charge on any atom is -0.389 e. The zero-order chi connectivity index (χ0) is 14.0. The van der Waals surface area contributed by atoms with Gasteiger partial charge in [0.05, 0.1) is 0 Å². The molecule has 1 aromatic carbocycles. The predicted molar refractivity (Wildman–Crippen MR) is 88.4 cm³/mol. The molecule has 1 aromatic rings. The average Bonchev–Trinajstić information content (AvgIpc) is 2.87. The van der Waals surface area contributed by atoms with Crippen molar-refractivity contribution in [3.05, 3.63) is 23.8 Å². The lowest BCUT2D eigenvalue weighted by Gasteiger charge is -2.24. The molecule has 0 aromatic heterocycles. The van der Waals surface area contributed by atoms with E-state index in [9.17, 15) is 0 Å². The third-order valence-electron chi connectivity index (χ3n) is 3.70. The highest BCUT2D eigenvalue weighted by atomic mass is 32.2. The Morgan fingerprint density at radius 2 is 2.21 bits per heavy atom. The second kappa shape index (κ2) is 6.11. The van der Waals surface area contributed by atoms with Crippen LogP contribution in [0.1, 0.15) is 12.0 Å². The van der Waals surface area contributed by atoms with Gasteiger partial charge < -0.3 is 15.5 Å². The second-order valence-electron chi connectivity index (χ2n) is 5.07. The number of nitrogens with two attached hydrogens (primary N) is 1. The molecule has 0 spiro atoms. The van der Waals surface area contributed by atoms with E-state index in [1.807, 2.05) is 0 Å². The fourth-order valence-electron chi connectivity index (χ4n) is 2.58. The van der Waals surface area contributed by atoms with Crippen LogP contribution in [0.25, 0.3) is 0 Å². The molecule has 0 radical (unpaired) electrons. The Hall–Kier alpha value is -0.780. The molecule has 3 nitrogen and oxygen atoms in total. The summed E-state index contributed by atoms with van der Waals surface area (Å²) >= 11 is 6.95. The molecule has 1 aliphatic rings. The second-order valence-corrected chi connectivity index (χ2v) is 6.36. The highest BCUT2D eigenvalue weighted by molar-refractivity contribution is 7.98. The van der Waals surface area contributed by atoms with Crippen LogP contribution in [-0.2, 0) is 0 Å². The summed E-state index contributed by atoms with van der Waals surface area (Å²) in [6.45, 7) is 2.11. The Bertz CT molecular complexity index is 474. The van der Waals surface area contributed by atoms with Crippen LogP contribution < -0.4 is 10.6 Å². The van der Waals surface area contributed by atoms with Gasteiger partial charge in [-0.3, -0.25) is 0 Å². The number of thioether (sulfide) groups is 1. The topological polar surface area (TPSA) is 32.5 Å². The van der Waals surface area contributed by atoms with Crippen LogP contribution >= 0.6 is 24.0 Å². The number of likely N-dealkylation sites (N-methyl/N-ethyl adjacent to an activating group) is 1. The highest BCUT2D eigenvalue weighted by Crippen LogP contribution is 2.32. The van der Waals surface area contributed by atoms with Crippen molar-refractivity contribution < 1.29 is 0 Å². The number of hydrogen-bond donors (Lipinski definition) is 1. The summed E-state index contributed by atoms with van der Waals surface area (Å²) in [5.41, 5.74) is 8.15. The zero-order valence-electron chi connectivity index (χ0n) is 11.7. The fraction of sp³-hybridized carbons (Fsp3) is 0.500. The molecule has 1 unspecified atom stereocenters. The first-order valence-electron chi connectivity index (χ1n) is 6.42. The number of hydrogen-bond acceptors (Lipinski definition) is 4. The molecule has 19 heavy (non-hydrogen) atoms. The maximum Gasteiger partial charge on any atom is 0.107 e. The number of anilines is 1. The number of rotatable bonds is 4. The normalized spacial score (nSPS) is 19.2. The van der Waals surface area contributed by atoms with Gasteiger partial charge in [-0.1, -0.05) is 18.3 Å². The molecule has 1 fully saturated rings. The van der Waals surface area contributed by atoms with Crippen LogP contribution in [0.3, 0.4) is 0 Å². The Kier molecular flexibility index (Phi) is 4.71. The van der Waals surface area contributed by atoms with Gasteiger partial charge in [0.15, 0.2) is 0 Å². The Morgan fingerprint density at radius 1 is 1.47 bits per heavy atom. The Labute approximate surface area is 125 Å². The highest BCUT2D eigenvalue weighted by Gasteiger charge is 2.26. The molecular formula is C14H21N3S2. The maximum atomic E-state index is 5.93. The van der Waals surface area contributed by atoms with Gasteiger partial charge in [-0.05, 0) is 38.9 Å². The minimum absolute atomic E-state index is 0.494. The molecule has 1 atom stereocenters. The van der Waals surface area contributed by atoms with Crippen LogP contribution in [0.5, 0.6) is 0 Å². The maximum absolute atomic E-state index is 5.93. The fourth-order valence-corrected chi connectivity index (χ4v) is 3.50. The SMILES string of the molecule is CSc1cccc(N2CCC(N(C)C)C2)c1C(N)=S. The van der Waals surface area contributed by atoms with Crippen LogP contribution in [0.15, 0.2) is 23.1 Å². The summed E-state index contributed by atoms with van der Waals surface area (Å²) in [7, 11) is 4.28. The third-order valence-corrected chi connectivity index (χ3v) is 4.69. The van der Waals surface area contributed by atoms with Gasteiger partial charge in [0.25, 0.3) is 0 Å². The molecule has 2 N–H and O–H groups in total. The lowest BCUT2D eigenvalue weighted by Crippen LogP contribution is -2.32. The van der Waals surface area contributed by atoms with E-state index in [1.54, 1.807) is 11.8 Å². The molecule has 1 aliphatic heterocycles. The van der Waals surface area contributed by atoms with Crippen molar-refractivity contribution in [1.29, 1.82) is 0 Å². The monoisotopic (exact) mass is 295 g/mol. The molecule has 0 saturated carbocycles. The van der Waals surface area contributed by atoms with E-state index in [4.69, 9.17) is 18.0 Å². The van der Waals surface area contributed by atoms with Gasteiger partial charge in [-0.2, -0.15) is 0 Å². The van der Waals surface area contributed by atoms with E-state index in [-0.39, 0.29) is 0 Å². The van der Waals surface area contributed by atoms with Crippen molar-refractivity contribution in [3.63, 3.8) is 0 Å². The number of nitrogens with zero attached hydrogens (tertiary/aromatic N) is 2. The predicted octanol–water partition coefficient (Wildman–Crippen LogP) is 2.18. The van der Waals surface area contributed by atoms with Crippen molar-refractivity contribution in [2.45, 2.75) is 17.4 Å². The standard InChI is InChI=1S/C14H21N3S2/c1-16(2)10-7-8-17(9-10)11-5-4-6-12(19-3)13(11)14(15)18/h4-6,10H,7-9H2,1-3H3,(H2,15,18). The summed E-state index contributed by atoms with van der Waals surface area (Å²) in [4.78, 5) is 6.35. The molecule has 0 aliphatic carbocycles. The minimum atomic E-state index is 0.494. The zero-order valence-corrected chi connectivity index (χ0v) is 13.4. The summed E-state index contributed by atoms with van der Waals surface area (Å²) < 4.78 is 0. The first kappa shape index (κ1) is 14.6. The summed E-state index contributed by atoms with van der Waals surface area (Å²) in [6.07, 6.45) is 3.25. The smallest absolute Gasteiger partial charge is 0.107 e. The van der Waals surface area contributed by atoms with E-state index in [0.717, 1.165) is 18.7 Å². The summed E-state index contributed by atoms with van der Waals surface area (Å²) in [5.74, 6) is 0. The molecule has 1 saturated heterocycles. The van der Waals surface area contributed by atoms with E-state index in [1.165, 1.54) is 17.0 Å². The molecule has 1 heterocycles. The van der Waals surface area contributed by atoms with Gasteiger partial charge in [0.1, 0.15) is 4.99 Å². The summed E-state index contributed by atoms with van der Waals surface area (Å²) in [6, 6.07) is 6.91. The van der Waals surface area contributed by atoms with Crippen molar-refractivity contribution >= 4 is 34.7 Å². The average molecular weight is 295 g/mol. The third kappa shape index (κ3) is 3.04. The lowest BCUT2D eigenvalue weighted by molar-refractivity contribution is 0.315. The summed E-state index contributed by atoms with van der Waals surface area (Å²) in [5, 5.41) is 0. The molecule has 5 heteroatoms. The van der Waals surface area contributed by atoms with Crippen molar-refractivity contribution in [2.75, 3.05) is 38.3 Å². The van der Waals surface area contributed by atoms with Gasteiger partial charge in [0.2, 0.25) is 0 Å². The Morgan fingerprint density at radius 3 is 2.74 bits per heavy atom. The lowest BCUT2D eigenvalue weighted by atomic mass is 10.1. The number of benzene rings is 1. The molecule has 0 bridgehead atoms. The van der Waals surface area contributed by atoms with E-state index >= 15 is 0 Å². The van der Waals surface area contributed by atoms with E-state index < -0.39 is 0 Å². The van der Waals surface area contributed by atoms with Crippen LogP contribution in [0.4, 0.5) is 5.69 Å². The molecule has 104 valence electrons. The van der Waals surface area contributed by atoms with Crippen molar-refractivity contribution in [2.24, 2.45) is 5.73 Å². The number of thiocarbonyl (C=S) groups is 1. The van der Waals surface area contributed by atoms with Crippen LogP contribution in [0, 0.1) is 0 Å². The quantitative estimate of drug-likeness (QED) is 0.680. The largest absolute Gasteiger partial charge is 0.389 e. The molecule has 0 amide bonds. The van der Waals surface area contributed by atoms with Gasteiger partial charge in [-0.15, -0.1) is 11.8 Å². The van der Waals surface area contributed by atoms with Gasteiger partial charge >= 0.3 is 0 Å². The van der Waals surface area contributed by atoms with Crippen LogP contribution in [0.2, 0.25) is 0 Å². The van der Waals surface area contributed by atoms with Crippen molar-refractivity contribution in [3.8, 4) is 0 Å². The Balaban J connectivity index is 2.33. The van der Waals surface area contributed by atoms with Gasteiger partial charge in [0, 0.05) is 35.3 Å².